The first kappa shape index (κ1) is 13.1. The van der Waals surface area contributed by atoms with Crippen LogP contribution >= 0.6 is 11.6 Å². The van der Waals surface area contributed by atoms with Gasteiger partial charge in [-0.1, -0.05) is 18.6 Å². The molecule has 0 spiro atoms. The topological polar surface area (TPSA) is 34.9 Å². The fraction of sp³-hybridized carbons (Fsp3) is 0.429. The zero-order valence-electron chi connectivity index (χ0n) is 10.5. The lowest BCUT2D eigenvalue weighted by Crippen LogP contribution is -2.24. The van der Waals surface area contributed by atoms with Crippen LogP contribution in [0.4, 0.5) is 0 Å². The van der Waals surface area contributed by atoms with Crippen molar-refractivity contribution in [2.45, 2.75) is 32.7 Å². The first-order valence-electron chi connectivity index (χ1n) is 6.26. The number of alkyl halides is 1. The van der Waals surface area contributed by atoms with Crippen LogP contribution in [0.2, 0.25) is 0 Å². The molecule has 0 radical (unpaired) electrons. The van der Waals surface area contributed by atoms with Gasteiger partial charge < -0.3 is 4.57 Å². The largest absolute Gasteiger partial charge is 0.305 e. The molecule has 0 saturated carbocycles. The van der Waals surface area contributed by atoms with Crippen molar-refractivity contribution in [2.75, 3.05) is 5.88 Å². The van der Waals surface area contributed by atoms with Crippen LogP contribution in [-0.2, 0) is 6.54 Å². The SMILES string of the molecule is Cc1nc2ccccc2n(CCCCCCl)c1=O. The first-order chi connectivity index (χ1) is 8.74. The normalized spacial score (nSPS) is 11.0. The fourth-order valence-corrected chi connectivity index (χ4v) is 2.27. The van der Waals surface area contributed by atoms with E-state index in [1.165, 1.54) is 0 Å². The Kier molecular flexibility index (Phi) is 4.37. The summed E-state index contributed by atoms with van der Waals surface area (Å²) < 4.78 is 1.83. The van der Waals surface area contributed by atoms with Crippen molar-refractivity contribution in [1.82, 2.24) is 9.55 Å². The Morgan fingerprint density at radius 3 is 2.78 bits per heavy atom. The van der Waals surface area contributed by atoms with Gasteiger partial charge in [-0.05, 0) is 31.9 Å². The average molecular weight is 265 g/mol. The van der Waals surface area contributed by atoms with Crippen LogP contribution in [0, 0.1) is 6.92 Å². The van der Waals surface area contributed by atoms with Crippen molar-refractivity contribution in [3.8, 4) is 0 Å². The molecule has 18 heavy (non-hydrogen) atoms. The van der Waals surface area contributed by atoms with E-state index < -0.39 is 0 Å². The lowest BCUT2D eigenvalue weighted by Gasteiger charge is -2.10. The molecule has 96 valence electrons. The summed E-state index contributed by atoms with van der Waals surface area (Å²) in [6.45, 7) is 2.50. The molecule has 0 atom stereocenters. The van der Waals surface area contributed by atoms with E-state index in [1.807, 2.05) is 28.8 Å². The summed E-state index contributed by atoms with van der Waals surface area (Å²) in [7, 11) is 0. The van der Waals surface area contributed by atoms with Crippen molar-refractivity contribution in [2.24, 2.45) is 0 Å². The number of benzene rings is 1. The Balaban J connectivity index is 2.35. The summed E-state index contributed by atoms with van der Waals surface area (Å²) in [4.78, 5) is 16.4. The number of rotatable bonds is 5. The van der Waals surface area contributed by atoms with E-state index in [-0.39, 0.29) is 5.56 Å². The number of para-hydroxylation sites is 2. The van der Waals surface area contributed by atoms with Crippen LogP contribution in [0.25, 0.3) is 11.0 Å². The molecule has 1 heterocycles. The summed E-state index contributed by atoms with van der Waals surface area (Å²) >= 11 is 5.66. The Labute approximate surface area is 111 Å². The van der Waals surface area contributed by atoms with E-state index in [0.717, 1.165) is 36.8 Å². The van der Waals surface area contributed by atoms with E-state index >= 15 is 0 Å². The van der Waals surface area contributed by atoms with E-state index in [2.05, 4.69) is 4.98 Å². The molecule has 0 unspecified atom stereocenters. The van der Waals surface area contributed by atoms with Gasteiger partial charge >= 0.3 is 0 Å². The molecular weight excluding hydrogens is 248 g/mol. The third-order valence-electron chi connectivity index (χ3n) is 3.03. The second-order valence-corrected chi connectivity index (χ2v) is 4.77. The van der Waals surface area contributed by atoms with E-state index in [9.17, 15) is 4.79 Å². The maximum atomic E-state index is 12.1. The maximum Gasteiger partial charge on any atom is 0.272 e. The van der Waals surface area contributed by atoms with Crippen LogP contribution in [0.1, 0.15) is 25.0 Å². The van der Waals surface area contributed by atoms with Gasteiger partial charge in [-0.25, -0.2) is 4.98 Å². The molecule has 0 saturated heterocycles. The van der Waals surface area contributed by atoms with E-state index in [1.54, 1.807) is 6.92 Å². The summed E-state index contributed by atoms with van der Waals surface area (Å²) in [6.07, 6.45) is 3.02. The lowest BCUT2D eigenvalue weighted by atomic mass is 10.2. The van der Waals surface area contributed by atoms with Gasteiger partial charge in [-0.2, -0.15) is 0 Å². The van der Waals surface area contributed by atoms with Crippen LogP contribution in [0.5, 0.6) is 0 Å². The number of aromatic nitrogens is 2. The van der Waals surface area contributed by atoms with Gasteiger partial charge in [-0.15, -0.1) is 11.6 Å². The molecule has 0 aliphatic heterocycles. The highest BCUT2D eigenvalue weighted by atomic mass is 35.5. The summed E-state index contributed by atoms with van der Waals surface area (Å²) in [6, 6.07) is 7.77. The number of fused-ring (bicyclic) bond motifs is 1. The number of unbranched alkanes of at least 4 members (excludes halogenated alkanes) is 2. The van der Waals surface area contributed by atoms with Gasteiger partial charge in [0.2, 0.25) is 0 Å². The molecule has 0 N–H and O–H groups in total. The summed E-state index contributed by atoms with van der Waals surface area (Å²) in [5.74, 6) is 0.686. The smallest absolute Gasteiger partial charge is 0.272 e. The van der Waals surface area contributed by atoms with Gasteiger partial charge in [0.25, 0.3) is 5.56 Å². The van der Waals surface area contributed by atoms with Crippen LogP contribution < -0.4 is 5.56 Å². The minimum Gasteiger partial charge on any atom is -0.305 e. The number of nitrogens with zero attached hydrogens (tertiary/aromatic N) is 2. The van der Waals surface area contributed by atoms with Crippen molar-refractivity contribution in [3.63, 3.8) is 0 Å². The molecule has 4 heteroatoms. The van der Waals surface area contributed by atoms with Crippen LogP contribution in [0.3, 0.4) is 0 Å². The second-order valence-electron chi connectivity index (χ2n) is 4.39. The highest BCUT2D eigenvalue weighted by Gasteiger charge is 2.06. The Bertz CT molecular complexity index is 592. The Hall–Kier alpha value is -1.35. The number of halogens is 1. The zero-order chi connectivity index (χ0) is 13.0. The standard InChI is InChI=1S/C14H17ClN2O/c1-11-14(18)17(10-6-2-5-9-15)13-8-4-3-7-12(13)16-11/h3-4,7-8H,2,5-6,9-10H2,1H3. The van der Waals surface area contributed by atoms with Gasteiger partial charge in [0.15, 0.2) is 0 Å². The van der Waals surface area contributed by atoms with Crippen molar-refractivity contribution < 1.29 is 0 Å². The predicted octanol–water partition coefficient (Wildman–Crippen LogP) is 3.11. The Morgan fingerprint density at radius 2 is 2.00 bits per heavy atom. The maximum absolute atomic E-state index is 12.1. The molecule has 0 bridgehead atoms. The third-order valence-corrected chi connectivity index (χ3v) is 3.30. The van der Waals surface area contributed by atoms with Gasteiger partial charge in [0.05, 0.1) is 11.0 Å². The average Bonchev–Trinajstić information content (AvgIpc) is 2.38. The number of aryl methyl sites for hydroxylation is 2. The molecule has 1 aromatic heterocycles. The van der Waals surface area contributed by atoms with E-state index in [0.29, 0.717) is 11.6 Å². The number of hydrogen-bond donors (Lipinski definition) is 0. The molecule has 2 rings (SSSR count). The zero-order valence-corrected chi connectivity index (χ0v) is 11.3. The fourth-order valence-electron chi connectivity index (χ4n) is 2.08. The molecule has 0 aliphatic rings. The van der Waals surface area contributed by atoms with Crippen molar-refractivity contribution in [1.29, 1.82) is 0 Å². The molecule has 0 aliphatic carbocycles. The molecule has 2 aromatic rings. The Morgan fingerprint density at radius 1 is 1.22 bits per heavy atom. The van der Waals surface area contributed by atoms with E-state index in [4.69, 9.17) is 11.6 Å². The molecule has 0 fully saturated rings. The highest BCUT2D eigenvalue weighted by molar-refractivity contribution is 6.17. The minimum atomic E-state index is 0.0135. The molecule has 0 amide bonds. The predicted molar refractivity (Wildman–Crippen MR) is 75.3 cm³/mol. The van der Waals surface area contributed by atoms with Crippen LogP contribution in [0.15, 0.2) is 29.1 Å². The van der Waals surface area contributed by atoms with Crippen molar-refractivity contribution >= 4 is 22.6 Å². The van der Waals surface area contributed by atoms with Crippen molar-refractivity contribution in [3.05, 3.63) is 40.3 Å². The first-order valence-corrected chi connectivity index (χ1v) is 6.79. The second kappa shape index (κ2) is 6.01. The molecule has 1 aromatic carbocycles. The third kappa shape index (κ3) is 2.72. The highest BCUT2D eigenvalue weighted by Crippen LogP contribution is 2.11. The van der Waals surface area contributed by atoms with Gasteiger partial charge in [0, 0.05) is 12.4 Å². The lowest BCUT2D eigenvalue weighted by molar-refractivity contribution is 0.599. The van der Waals surface area contributed by atoms with Crippen LogP contribution in [-0.4, -0.2) is 15.4 Å². The van der Waals surface area contributed by atoms with Gasteiger partial charge in [-0.3, -0.25) is 4.79 Å². The number of hydrogen-bond acceptors (Lipinski definition) is 2. The summed E-state index contributed by atoms with van der Waals surface area (Å²) in [5, 5.41) is 0. The summed E-state index contributed by atoms with van der Waals surface area (Å²) in [5.41, 5.74) is 2.37. The monoisotopic (exact) mass is 264 g/mol. The quantitative estimate of drug-likeness (QED) is 0.614. The van der Waals surface area contributed by atoms with Gasteiger partial charge in [0.1, 0.15) is 5.69 Å². The molecular formula is C14H17ClN2O. The minimum absolute atomic E-state index is 0.0135. The molecule has 3 nitrogen and oxygen atoms in total.